The molecule has 1 aromatic rings. The third-order valence-electron chi connectivity index (χ3n) is 3.26. The quantitative estimate of drug-likeness (QED) is 0.663. The molecule has 0 fully saturated rings. The van der Waals surface area contributed by atoms with Crippen molar-refractivity contribution < 1.29 is 0 Å². The molecule has 0 radical (unpaired) electrons. The molecule has 18 heavy (non-hydrogen) atoms. The Morgan fingerprint density at radius 3 is 2.33 bits per heavy atom. The summed E-state index contributed by atoms with van der Waals surface area (Å²) < 4.78 is 0. The van der Waals surface area contributed by atoms with Crippen LogP contribution >= 0.6 is 0 Å². The molecule has 1 rings (SSSR count). The van der Waals surface area contributed by atoms with E-state index in [1.165, 1.54) is 51.3 Å². The van der Waals surface area contributed by atoms with E-state index in [9.17, 15) is 4.79 Å². The normalized spacial score (nSPS) is 10.7. The predicted octanol–water partition coefficient (Wildman–Crippen LogP) is 3.04. The van der Waals surface area contributed by atoms with E-state index in [-0.39, 0.29) is 5.56 Å². The Morgan fingerprint density at radius 1 is 1.11 bits per heavy atom. The number of aromatic amines is 1. The van der Waals surface area contributed by atoms with E-state index in [0.29, 0.717) is 11.4 Å². The molecular weight excluding hydrogens is 226 g/mol. The molecule has 0 aliphatic heterocycles. The molecule has 4 nitrogen and oxygen atoms in total. The van der Waals surface area contributed by atoms with E-state index in [1.807, 2.05) is 0 Å². The maximum absolute atomic E-state index is 11.5. The summed E-state index contributed by atoms with van der Waals surface area (Å²) >= 11 is 0. The van der Waals surface area contributed by atoms with Gasteiger partial charge < -0.3 is 10.7 Å². The van der Waals surface area contributed by atoms with Gasteiger partial charge in [0.2, 0.25) is 0 Å². The molecule has 1 aromatic heterocycles. The van der Waals surface area contributed by atoms with Gasteiger partial charge in [0.25, 0.3) is 5.56 Å². The Hall–Kier alpha value is -1.32. The molecule has 0 saturated carbocycles. The van der Waals surface area contributed by atoms with Gasteiger partial charge >= 0.3 is 0 Å². The smallest absolute Gasteiger partial charge is 0.255 e. The number of rotatable bonds is 9. The van der Waals surface area contributed by atoms with Crippen LogP contribution in [-0.2, 0) is 6.42 Å². The van der Waals surface area contributed by atoms with Crippen molar-refractivity contribution in [2.24, 2.45) is 0 Å². The summed E-state index contributed by atoms with van der Waals surface area (Å²) in [5, 5.41) is 0. The van der Waals surface area contributed by atoms with Crippen molar-refractivity contribution in [2.45, 2.75) is 64.7 Å². The summed E-state index contributed by atoms with van der Waals surface area (Å²) in [5.41, 5.74) is 6.24. The van der Waals surface area contributed by atoms with Crippen molar-refractivity contribution >= 4 is 5.82 Å². The molecule has 0 aromatic carbocycles. The second kappa shape index (κ2) is 8.72. The Balaban J connectivity index is 2.13. The van der Waals surface area contributed by atoms with Gasteiger partial charge in [-0.15, -0.1) is 0 Å². The zero-order valence-corrected chi connectivity index (χ0v) is 11.4. The second-order valence-electron chi connectivity index (χ2n) is 4.82. The largest absolute Gasteiger partial charge is 0.383 e. The van der Waals surface area contributed by atoms with Crippen LogP contribution in [0.3, 0.4) is 0 Å². The van der Waals surface area contributed by atoms with Gasteiger partial charge in [-0.3, -0.25) is 4.79 Å². The van der Waals surface area contributed by atoms with Crippen LogP contribution in [0.5, 0.6) is 0 Å². The fraction of sp³-hybridized carbons (Fsp3) is 0.714. The molecular formula is C14H25N3O. The number of unbranched alkanes of at least 4 members (excludes halogenated alkanes) is 7. The average molecular weight is 251 g/mol. The standard InChI is InChI=1S/C14H25N3O/c1-2-3-4-5-6-7-8-9-10-12-13(15)16-11-17-14(12)18/h11H,2-10H2,1H3,(H3,15,16,17,18). The highest BCUT2D eigenvalue weighted by molar-refractivity contribution is 5.36. The maximum atomic E-state index is 11.5. The molecule has 102 valence electrons. The van der Waals surface area contributed by atoms with Crippen LogP contribution in [0.2, 0.25) is 0 Å². The van der Waals surface area contributed by atoms with Crippen molar-refractivity contribution in [3.05, 3.63) is 22.2 Å². The van der Waals surface area contributed by atoms with Gasteiger partial charge in [0.1, 0.15) is 5.82 Å². The van der Waals surface area contributed by atoms with Crippen molar-refractivity contribution in [3.8, 4) is 0 Å². The molecule has 0 bridgehead atoms. The first kappa shape index (κ1) is 14.7. The van der Waals surface area contributed by atoms with Gasteiger partial charge in [-0.25, -0.2) is 4.98 Å². The fourth-order valence-corrected chi connectivity index (χ4v) is 2.12. The molecule has 0 saturated heterocycles. The van der Waals surface area contributed by atoms with Crippen molar-refractivity contribution in [1.29, 1.82) is 0 Å². The summed E-state index contributed by atoms with van der Waals surface area (Å²) in [6.07, 6.45) is 12.2. The van der Waals surface area contributed by atoms with Crippen LogP contribution in [0.1, 0.15) is 63.9 Å². The van der Waals surface area contributed by atoms with Gasteiger partial charge in [-0.2, -0.15) is 0 Å². The Bertz CT molecular complexity index is 387. The van der Waals surface area contributed by atoms with E-state index in [4.69, 9.17) is 5.73 Å². The first-order chi connectivity index (χ1) is 8.75. The number of nitrogens with zero attached hydrogens (tertiary/aromatic N) is 1. The van der Waals surface area contributed by atoms with E-state index < -0.39 is 0 Å². The molecule has 3 N–H and O–H groups in total. The van der Waals surface area contributed by atoms with E-state index in [1.54, 1.807) is 0 Å². The molecule has 0 spiro atoms. The number of nitrogens with two attached hydrogens (primary N) is 1. The zero-order chi connectivity index (χ0) is 13.2. The Labute approximate surface area is 109 Å². The molecule has 0 aliphatic carbocycles. The number of aromatic nitrogens is 2. The summed E-state index contributed by atoms with van der Waals surface area (Å²) in [4.78, 5) is 18.0. The van der Waals surface area contributed by atoms with Crippen LogP contribution in [0.25, 0.3) is 0 Å². The van der Waals surface area contributed by atoms with Gasteiger partial charge in [0.15, 0.2) is 0 Å². The Morgan fingerprint density at radius 2 is 1.72 bits per heavy atom. The monoisotopic (exact) mass is 251 g/mol. The molecule has 4 heteroatoms. The lowest BCUT2D eigenvalue weighted by atomic mass is 10.1. The van der Waals surface area contributed by atoms with E-state index in [0.717, 1.165) is 12.8 Å². The minimum atomic E-state index is -0.0922. The summed E-state index contributed by atoms with van der Waals surface area (Å²) in [5.74, 6) is 0.377. The SMILES string of the molecule is CCCCCCCCCCc1c(N)nc[nH]c1=O. The van der Waals surface area contributed by atoms with Gasteiger partial charge in [0.05, 0.1) is 11.9 Å². The summed E-state index contributed by atoms with van der Waals surface area (Å²) in [6, 6.07) is 0. The van der Waals surface area contributed by atoms with Crippen LogP contribution in [0, 0.1) is 0 Å². The minimum Gasteiger partial charge on any atom is -0.383 e. The van der Waals surface area contributed by atoms with Crippen LogP contribution in [-0.4, -0.2) is 9.97 Å². The van der Waals surface area contributed by atoms with E-state index in [2.05, 4.69) is 16.9 Å². The van der Waals surface area contributed by atoms with Crippen LogP contribution in [0.4, 0.5) is 5.82 Å². The van der Waals surface area contributed by atoms with Crippen LogP contribution < -0.4 is 11.3 Å². The highest BCUT2D eigenvalue weighted by Crippen LogP contribution is 2.11. The highest BCUT2D eigenvalue weighted by Gasteiger charge is 2.04. The van der Waals surface area contributed by atoms with Gasteiger partial charge in [-0.05, 0) is 12.8 Å². The topological polar surface area (TPSA) is 71.8 Å². The fourth-order valence-electron chi connectivity index (χ4n) is 2.12. The van der Waals surface area contributed by atoms with E-state index >= 15 is 0 Å². The summed E-state index contributed by atoms with van der Waals surface area (Å²) in [7, 11) is 0. The third kappa shape index (κ3) is 5.34. The van der Waals surface area contributed by atoms with Crippen LogP contribution in [0.15, 0.2) is 11.1 Å². The lowest BCUT2D eigenvalue weighted by molar-refractivity contribution is 0.575. The van der Waals surface area contributed by atoms with Crippen molar-refractivity contribution in [1.82, 2.24) is 9.97 Å². The first-order valence-electron chi connectivity index (χ1n) is 7.07. The molecule has 1 heterocycles. The summed E-state index contributed by atoms with van der Waals surface area (Å²) in [6.45, 7) is 2.23. The maximum Gasteiger partial charge on any atom is 0.255 e. The van der Waals surface area contributed by atoms with Gasteiger partial charge in [0, 0.05) is 0 Å². The number of nitrogens with one attached hydrogen (secondary N) is 1. The van der Waals surface area contributed by atoms with Crippen molar-refractivity contribution in [3.63, 3.8) is 0 Å². The number of hydrogen-bond acceptors (Lipinski definition) is 3. The highest BCUT2D eigenvalue weighted by atomic mass is 16.1. The first-order valence-corrected chi connectivity index (χ1v) is 7.07. The lowest BCUT2D eigenvalue weighted by Gasteiger charge is -2.03. The number of hydrogen-bond donors (Lipinski definition) is 2. The minimum absolute atomic E-state index is 0.0922. The number of anilines is 1. The predicted molar refractivity (Wildman–Crippen MR) is 75.6 cm³/mol. The van der Waals surface area contributed by atoms with Crippen molar-refractivity contribution in [2.75, 3.05) is 5.73 Å². The molecule has 0 atom stereocenters. The van der Waals surface area contributed by atoms with Gasteiger partial charge in [-0.1, -0.05) is 51.9 Å². The molecule has 0 amide bonds. The molecule has 0 unspecified atom stereocenters. The number of H-pyrrole nitrogens is 1. The third-order valence-corrected chi connectivity index (χ3v) is 3.26. The molecule has 0 aliphatic rings. The second-order valence-corrected chi connectivity index (χ2v) is 4.82. The lowest BCUT2D eigenvalue weighted by Crippen LogP contribution is -2.16. The zero-order valence-electron chi connectivity index (χ0n) is 11.4. The Kier molecular flexibility index (Phi) is 7.14. The number of nitrogen functional groups attached to an aromatic ring is 1. The average Bonchev–Trinajstić information content (AvgIpc) is 2.35.